The fraction of sp³-hybridized carbons (Fsp3) is 0.125. The highest BCUT2D eigenvalue weighted by molar-refractivity contribution is 7.99. The first-order valence-electron chi connectivity index (χ1n) is 6.47. The minimum Gasteiger partial charge on any atom is -0.323 e. The van der Waals surface area contributed by atoms with Gasteiger partial charge in [-0.15, -0.1) is 0 Å². The largest absolute Gasteiger partial charge is 0.323 e. The summed E-state index contributed by atoms with van der Waals surface area (Å²) >= 11 is 1.58. The molecule has 2 N–H and O–H groups in total. The Kier molecular flexibility index (Phi) is 3.95. The van der Waals surface area contributed by atoms with Gasteiger partial charge in [0, 0.05) is 24.2 Å². The first-order chi connectivity index (χ1) is 9.83. The molecule has 0 radical (unpaired) electrons. The summed E-state index contributed by atoms with van der Waals surface area (Å²) in [6, 6.07) is 16.5. The summed E-state index contributed by atoms with van der Waals surface area (Å²) in [6.45, 7) is 0. The highest BCUT2D eigenvalue weighted by Crippen LogP contribution is 2.23. The Labute approximate surface area is 122 Å². The molecule has 1 atom stereocenters. The molecule has 100 valence electrons. The summed E-state index contributed by atoms with van der Waals surface area (Å²) in [4.78, 5) is 8.38. The molecule has 0 amide bonds. The standard InChI is InChI=1S/C16H15N3S/c17-15(11-20-16-18-8-3-9-19-16)14-7-6-12-4-1-2-5-13(12)10-14/h1-10,15H,11,17H2. The number of rotatable bonds is 4. The molecule has 3 nitrogen and oxygen atoms in total. The van der Waals surface area contributed by atoms with E-state index in [2.05, 4.69) is 40.3 Å². The van der Waals surface area contributed by atoms with E-state index in [-0.39, 0.29) is 6.04 Å². The van der Waals surface area contributed by atoms with Crippen LogP contribution in [-0.4, -0.2) is 15.7 Å². The van der Waals surface area contributed by atoms with Gasteiger partial charge in [0.25, 0.3) is 0 Å². The zero-order chi connectivity index (χ0) is 13.8. The van der Waals surface area contributed by atoms with Crippen LogP contribution in [0.5, 0.6) is 0 Å². The molecule has 20 heavy (non-hydrogen) atoms. The minimum absolute atomic E-state index is 0.0200. The molecule has 0 aliphatic heterocycles. The van der Waals surface area contributed by atoms with E-state index in [1.165, 1.54) is 10.8 Å². The van der Waals surface area contributed by atoms with E-state index < -0.39 is 0 Å². The number of hydrogen-bond acceptors (Lipinski definition) is 4. The number of thioether (sulfide) groups is 1. The second-order valence-electron chi connectivity index (χ2n) is 4.56. The van der Waals surface area contributed by atoms with Crippen LogP contribution in [0.3, 0.4) is 0 Å². The lowest BCUT2D eigenvalue weighted by Crippen LogP contribution is -2.13. The molecule has 0 fully saturated rings. The molecule has 0 aliphatic rings. The van der Waals surface area contributed by atoms with Crippen molar-refractivity contribution in [2.45, 2.75) is 11.2 Å². The normalized spacial score (nSPS) is 12.4. The Morgan fingerprint density at radius 3 is 2.50 bits per heavy atom. The Balaban J connectivity index is 1.73. The number of benzene rings is 2. The third-order valence-electron chi connectivity index (χ3n) is 3.14. The Bertz CT molecular complexity index is 700. The Morgan fingerprint density at radius 1 is 0.950 bits per heavy atom. The van der Waals surface area contributed by atoms with E-state index in [4.69, 9.17) is 5.73 Å². The molecule has 1 unspecified atom stereocenters. The van der Waals surface area contributed by atoms with Gasteiger partial charge in [-0.05, 0) is 28.5 Å². The first-order valence-corrected chi connectivity index (χ1v) is 7.45. The molecular weight excluding hydrogens is 266 g/mol. The highest BCUT2D eigenvalue weighted by Gasteiger charge is 2.08. The van der Waals surface area contributed by atoms with Crippen molar-refractivity contribution < 1.29 is 0 Å². The quantitative estimate of drug-likeness (QED) is 0.588. The van der Waals surface area contributed by atoms with Crippen LogP contribution in [0.1, 0.15) is 11.6 Å². The van der Waals surface area contributed by atoms with Crippen molar-refractivity contribution in [3.8, 4) is 0 Å². The number of fused-ring (bicyclic) bond motifs is 1. The lowest BCUT2D eigenvalue weighted by molar-refractivity contribution is 0.828. The molecule has 0 bridgehead atoms. The van der Waals surface area contributed by atoms with Crippen molar-refractivity contribution >= 4 is 22.5 Å². The Morgan fingerprint density at radius 2 is 1.70 bits per heavy atom. The lowest BCUT2D eigenvalue weighted by atomic mass is 10.0. The van der Waals surface area contributed by atoms with E-state index in [9.17, 15) is 0 Å². The molecule has 0 saturated heterocycles. The van der Waals surface area contributed by atoms with Gasteiger partial charge < -0.3 is 5.73 Å². The fourth-order valence-corrected chi connectivity index (χ4v) is 2.85. The summed E-state index contributed by atoms with van der Waals surface area (Å²) in [7, 11) is 0. The molecule has 0 saturated carbocycles. The van der Waals surface area contributed by atoms with Crippen LogP contribution < -0.4 is 5.73 Å². The average Bonchev–Trinajstić information content (AvgIpc) is 2.53. The van der Waals surface area contributed by atoms with Gasteiger partial charge in [0.05, 0.1) is 0 Å². The van der Waals surface area contributed by atoms with Gasteiger partial charge in [-0.2, -0.15) is 0 Å². The van der Waals surface area contributed by atoms with Crippen LogP contribution in [-0.2, 0) is 0 Å². The van der Waals surface area contributed by atoms with Crippen molar-refractivity contribution in [3.63, 3.8) is 0 Å². The highest BCUT2D eigenvalue weighted by atomic mass is 32.2. The third-order valence-corrected chi connectivity index (χ3v) is 4.13. The minimum atomic E-state index is -0.0200. The first kappa shape index (κ1) is 13.1. The van der Waals surface area contributed by atoms with Crippen molar-refractivity contribution in [2.75, 3.05) is 5.75 Å². The fourth-order valence-electron chi connectivity index (χ4n) is 2.06. The smallest absolute Gasteiger partial charge is 0.187 e. The van der Waals surface area contributed by atoms with Gasteiger partial charge in [-0.1, -0.05) is 48.2 Å². The molecule has 1 aromatic heterocycles. The zero-order valence-electron chi connectivity index (χ0n) is 10.9. The van der Waals surface area contributed by atoms with Gasteiger partial charge in [-0.25, -0.2) is 9.97 Å². The van der Waals surface area contributed by atoms with E-state index in [1.54, 1.807) is 24.2 Å². The Hall–Kier alpha value is -1.91. The topological polar surface area (TPSA) is 51.8 Å². The van der Waals surface area contributed by atoms with Crippen LogP contribution in [0.4, 0.5) is 0 Å². The SMILES string of the molecule is NC(CSc1ncccn1)c1ccc2ccccc2c1. The van der Waals surface area contributed by atoms with Crippen LogP contribution in [0.15, 0.2) is 66.1 Å². The van der Waals surface area contributed by atoms with E-state index >= 15 is 0 Å². The van der Waals surface area contributed by atoms with Crippen molar-refractivity contribution in [1.29, 1.82) is 0 Å². The monoisotopic (exact) mass is 281 g/mol. The molecule has 4 heteroatoms. The summed E-state index contributed by atoms with van der Waals surface area (Å²) < 4.78 is 0. The van der Waals surface area contributed by atoms with Gasteiger partial charge in [0.1, 0.15) is 0 Å². The zero-order valence-corrected chi connectivity index (χ0v) is 11.8. The summed E-state index contributed by atoms with van der Waals surface area (Å²) in [5.41, 5.74) is 7.40. The second-order valence-corrected chi connectivity index (χ2v) is 5.54. The molecule has 3 aromatic rings. The number of aromatic nitrogens is 2. The average molecular weight is 281 g/mol. The van der Waals surface area contributed by atoms with Gasteiger partial charge in [0.15, 0.2) is 5.16 Å². The van der Waals surface area contributed by atoms with Crippen molar-refractivity contribution in [3.05, 3.63) is 66.5 Å². The molecule has 2 aromatic carbocycles. The van der Waals surface area contributed by atoms with Gasteiger partial charge in [0.2, 0.25) is 0 Å². The molecule has 0 aliphatic carbocycles. The van der Waals surface area contributed by atoms with Crippen molar-refractivity contribution in [2.24, 2.45) is 5.73 Å². The number of hydrogen-bond donors (Lipinski definition) is 1. The summed E-state index contributed by atoms with van der Waals surface area (Å²) in [5.74, 6) is 0.766. The summed E-state index contributed by atoms with van der Waals surface area (Å²) in [5, 5.41) is 3.23. The van der Waals surface area contributed by atoms with E-state index in [0.29, 0.717) is 0 Å². The number of nitrogens with zero attached hydrogens (tertiary/aromatic N) is 2. The van der Waals surface area contributed by atoms with Gasteiger partial charge >= 0.3 is 0 Å². The molecular formula is C16H15N3S. The second kappa shape index (κ2) is 6.03. The lowest BCUT2D eigenvalue weighted by Gasteiger charge is -2.12. The molecule has 3 rings (SSSR count). The maximum atomic E-state index is 6.26. The molecule has 0 spiro atoms. The predicted molar refractivity (Wildman–Crippen MR) is 83.6 cm³/mol. The van der Waals surface area contributed by atoms with Crippen LogP contribution in [0, 0.1) is 0 Å². The maximum absolute atomic E-state index is 6.26. The maximum Gasteiger partial charge on any atom is 0.187 e. The van der Waals surface area contributed by atoms with Crippen molar-refractivity contribution in [1.82, 2.24) is 9.97 Å². The summed E-state index contributed by atoms with van der Waals surface area (Å²) in [6.07, 6.45) is 3.49. The number of nitrogens with two attached hydrogens (primary N) is 1. The van der Waals surface area contributed by atoms with Gasteiger partial charge in [-0.3, -0.25) is 0 Å². The van der Waals surface area contributed by atoms with Crippen LogP contribution in [0.2, 0.25) is 0 Å². The van der Waals surface area contributed by atoms with E-state index in [1.807, 2.05) is 18.2 Å². The predicted octanol–water partition coefficient (Wildman–Crippen LogP) is 3.42. The molecule has 1 heterocycles. The van der Waals surface area contributed by atoms with Crippen LogP contribution >= 0.6 is 11.8 Å². The third kappa shape index (κ3) is 2.98. The van der Waals surface area contributed by atoms with E-state index in [0.717, 1.165) is 16.5 Å². The van der Waals surface area contributed by atoms with Crippen LogP contribution in [0.25, 0.3) is 10.8 Å².